The van der Waals surface area contributed by atoms with Crippen LogP contribution in [0, 0.1) is 6.92 Å². The van der Waals surface area contributed by atoms with Crippen LogP contribution in [0.3, 0.4) is 0 Å². The van der Waals surface area contributed by atoms with Crippen molar-refractivity contribution in [3.8, 4) is 0 Å². The van der Waals surface area contributed by atoms with Gasteiger partial charge in [-0.25, -0.2) is 0 Å². The lowest BCUT2D eigenvalue weighted by molar-refractivity contribution is -0.136. The number of hydrogen-bond acceptors (Lipinski definition) is 2. The van der Waals surface area contributed by atoms with Crippen LogP contribution in [0.5, 0.6) is 0 Å². The molecule has 0 radical (unpaired) electrons. The van der Waals surface area contributed by atoms with Crippen LogP contribution in [0.4, 0.5) is 5.69 Å². The first-order valence-electron chi connectivity index (χ1n) is 6.95. The minimum atomic E-state index is -0.688. The van der Waals surface area contributed by atoms with Crippen molar-refractivity contribution in [2.45, 2.75) is 13.3 Å². The maximum atomic E-state index is 11.7. The van der Waals surface area contributed by atoms with Crippen LogP contribution < -0.4 is 10.6 Å². The Balaban J connectivity index is 1.79. The summed E-state index contributed by atoms with van der Waals surface area (Å²) >= 11 is 5.76. The summed E-state index contributed by atoms with van der Waals surface area (Å²) in [6.45, 7) is 2.43. The zero-order chi connectivity index (χ0) is 15.9. The van der Waals surface area contributed by atoms with E-state index in [1.807, 2.05) is 25.1 Å². The fourth-order valence-electron chi connectivity index (χ4n) is 1.99. The van der Waals surface area contributed by atoms with Gasteiger partial charge < -0.3 is 10.6 Å². The van der Waals surface area contributed by atoms with Gasteiger partial charge in [-0.3, -0.25) is 9.59 Å². The molecule has 2 aromatic carbocycles. The number of anilines is 1. The topological polar surface area (TPSA) is 58.2 Å². The van der Waals surface area contributed by atoms with Gasteiger partial charge in [0, 0.05) is 17.3 Å². The van der Waals surface area contributed by atoms with Gasteiger partial charge in [0.05, 0.1) is 0 Å². The maximum absolute atomic E-state index is 11.7. The fraction of sp³-hybridized carbons (Fsp3) is 0.176. The number of carbonyl (C=O) groups excluding carboxylic acids is 2. The third-order valence-electron chi connectivity index (χ3n) is 3.09. The van der Waals surface area contributed by atoms with E-state index < -0.39 is 11.8 Å². The largest absolute Gasteiger partial charge is 0.347 e. The van der Waals surface area contributed by atoms with Crippen molar-refractivity contribution in [3.63, 3.8) is 0 Å². The summed E-state index contributed by atoms with van der Waals surface area (Å²) < 4.78 is 0. The maximum Gasteiger partial charge on any atom is 0.313 e. The smallest absolute Gasteiger partial charge is 0.313 e. The van der Waals surface area contributed by atoms with Gasteiger partial charge in [0.2, 0.25) is 0 Å². The molecule has 114 valence electrons. The van der Waals surface area contributed by atoms with Crippen molar-refractivity contribution < 1.29 is 9.59 Å². The van der Waals surface area contributed by atoms with Crippen molar-refractivity contribution in [1.29, 1.82) is 0 Å². The predicted molar refractivity (Wildman–Crippen MR) is 88.0 cm³/mol. The third kappa shape index (κ3) is 4.90. The SMILES string of the molecule is Cc1cccc(CCNC(=O)C(=O)Nc2ccc(Cl)cc2)c1. The molecule has 5 heteroatoms. The molecule has 0 unspecified atom stereocenters. The number of benzene rings is 2. The molecule has 0 bridgehead atoms. The molecule has 0 heterocycles. The quantitative estimate of drug-likeness (QED) is 0.852. The number of halogens is 1. The number of rotatable bonds is 4. The number of aryl methyl sites for hydroxylation is 1. The van der Waals surface area contributed by atoms with Crippen LogP contribution in [0.15, 0.2) is 48.5 Å². The molecule has 0 saturated carbocycles. The van der Waals surface area contributed by atoms with E-state index >= 15 is 0 Å². The highest BCUT2D eigenvalue weighted by atomic mass is 35.5. The van der Waals surface area contributed by atoms with Crippen LogP contribution in [0.25, 0.3) is 0 Å². The van der Waals surface area contributed by atoms with Crippen molar-refractivity contribution in [2.75, 3.05) is 11.9 Å². The molecule has 4 nitrogen and oxygen atoms in total. The first-order chi connectivity index (χ1) is 10.5. The first-order valence-corrected chi connectivity index (χ1v) is 7.33. The summed E-state index contributed by atoms with van der Waals surface area (Å²) in [5.74, 6) is -1.34. The Labute approximate surface area is 134 Å². The van der Waals surface area contributed by atoms with Crippen molar-refractivity contribution in [1.82, 2.24) is 5.32 Å². The third-order valence-corrected chi connectivity index (χ3v) is 3.34. The highest BCUT2D eigenvalue weighted by molar-refractivity contribution is 6.39. The molecule has 22 heavy (non-hydrogen) atoms. The van der Waals surface area contributed by atoms with E-state index in [9.17, 15) is 9.59 Å². The van der Waals surface area contributed by atoms with Crippen LogP contribution in [-0.2, 0) is 16.0 Å². The molecular formula is C17H17ClN2O2. The minimum Gasteiger partial charge on any atom is -0.347 e. The molecule has 0 spiro atoms. The lowest BCUT2D eigenvalue weighted by Crippen LogP contribution is -2.36. The Morgan fingerprint density at radius 1 is 1.05 bits per heavy atom. The molecule has 0 aliphatic carbocycles. The van der Waals surface area contributed by atoms with Gasteiger partial charge in [-0.05, 0) is 43.2 Å². The lowest BCUT2D eigenvalue weighted by Gasteiger charge is -2.07. The molecule has 0 saturated heterocycles. The number of carbonyl (C=O) groups is 2. The average molecular weight is 317 g/mol. The standard InChI is InChI=1S/C17H17ClN2O2/c1-12-3-2-4-13(11-12)9-10-19-16(21)17(22)20-15-7-5-14(18)6-8-15/h2-8,11H,9-10H2,1H3,(H,19,21)(H,20,22). The second-order valence-corrected chi connectivity index (χ2v) is 5.39. The average Bonchev–Trinajstić information content (AvgIpc) is 2.49. The summed E-state index contributed by atoms with van der Waals surface area (Å²) in [6.07, 6.45) is 0.682. The van der Waals surface area contributed by atoms with E-state index in [1.54, 1.807) is 24.3 Å². The molecule has 2 amide bonds. The van der Waals surface area contributed by atoms with Gasteiger partial charge in [0.15, 0.2) is 0 Å². The molecule has 2 N–H and O–H groups in total. The zero-order valence-corrected chi connectivity index (χ0v) is 13.0. The predicted octanol–water partition coefficient (Wildman–Crippen LogP) is 2.95. The monoisotopic (exact) mass is 316 g/mol. The van der Waals surface area contributed by atoms with E-state index in [-0.39, 0.29) is 0 Å². The van der Waals surface area contributed by atoms with Crippen LogP contribution >= 0.6 is 11.6 Å². The number of amides is 2. The van der Waals surface area contributed by atoms with Gasteiger partial charge in [0.1, 0.15) is 0 Å². The lowest BCUT2D eigenvalue weighted by atomic mass is 10.1. The highest BCUT2D eigenvalue weighted by Gasteiger charge is 2.12. The number of nitrogens with one attached hydrogen (secondary N) is 2. The number of hydrogen-bond donors (Lipinski definition) is 2. The Morgan fingerprint density at radius 2 is 1.77 bits per heavy atom. The fourth-order valence-corrected chi connectivity index (χ4v) is 2.12. The van der Waals surface area contributed by atoms with Gasteiger partial charge in [-0.15, -0.1) is 0 Å². The van der Waals surface area contributed by atoms with E-state index in [0.717, 1.165) is 5.56 Å². The summed E-state index contributed by atoms with van der Waals surface area (Å²) in [6, 6.07) is 14.6. The van der Waals surface area contributed by atoms with Crippen LogP contribution in [0.2, 0.25) is 5.02 Å². The van der Waals surface area contributed by atoms with E-state index in [0.29, 0.717) is 23.7 Å². The Bertz CT molecular complexity index is 669. The minimum absolute atomic E-state index is 0.413. The summed E-state index contributed by atoms with van der Waals surface area (Å²) in [5.41, 5.74) is 2.82. The second-order valence-electron chi connectivity index (χ2n) is 4.96. The van der Waals surface area contributed by atoms with Crippen LogP contribution in [-0.4, -0.2) is 18.4 Å². The van der Waals surface area contributed by atoms with Crippen LogP contribution in [0.1, 0.15) is 11.1 Å². The molecule has 0 aliphatic rings. The van der Waals surface area contributed by atoms with Gasteiger partial charge in [0.25, 0.3) is 0 Å². The zero-order valence-electron chi connectivity index (χ0n) is 12.2. The second kappa shape index (κ2) is 7.61. The Kier molecular flexibility index (Phi) is 5.55. The molecule has 0 fully saturated rings. The van der Waals surface area contributed by atoms with E-state index in [4.69, 9.17) is 11.6 Å². The van der Waals surface area contributed by atoms with E-state index in [1.165, 1.54) is 5.56 Å². The van der Waals surface area contributed by atoms with Gasteiger partial charge in [-0.1, -0.05) is 41.4 Å². The summed E-state index contributed by atoms with van der Waals surface area (Å²) in [5, 5.41) is 5.69. The van der Waals surface area contributed by atoms with E-state index in [2.05, 4.69) is 16.7 Å². The Morgan fingerprint density at radius 3 is 2.45 bits per heavy atom. The highest BCUT2D eigenvalue weighted by Crippen LogP contribution is 2.13. The Hall–Kier alpha value is -2.33. The summed E-state index contributed by atoms with van der Waals surface area (Å²) in [7, 11) is 0. The van der Waals surface area contributed by atoms with Crippen molar-refractivity contribution in [3.05, 3.63) is 64.7 Å². The summed E-state index contributed by atoms with van der Waals surface area (Å²) in [4.78, 5) is 23.5. The first kappa shape index (κ1) is 16.0. The molecule has 2 aromatic rings. The normalized spacial score (nSPS) is 10.1. The van der Waals surface area contributed by atoms with Gasteiger partial charge in [-0.2, -0.15) is 0 Å². The molecular weight excluding hydrogens is 300 g/mol. The molecule has 0 aromatic heterocycles. The van der Waals surface area contributed by atoms with Crippen molar-refractivity contribution in [2.24, 2.45) is 0 Å². The van der Waals surface area contributed by atoms with Crippen molar-refractivity contribution >= 4 is 29.1 Å². The molecule has 2 rings (SSSR count). The molecule has 0 atom stereocenters. The molecule has 0 aliphatic heterocycles. The van der Waals surface area contributed by atoms with Gasteiger partial charge >= 0.3 is 11.8 Å².